The summed E-state index contributed by atoms with van der Waals surface area (Å²) >= 11 is 6.20. The molecule has 6 rings (SSSR count). The highest BCUT2D eigenvalue weighted by atomic mass is 35.5. The number of hydrogen-bond donors (Lipinski definition) is 1. The van der Waals surface area contributed by atoms with Gasteiger partial charge in [-0.2, -0.15) is 0 Å². The van der Waals surface area contributed by atoms with Crippen LogP contribution in [0, 0.1) is 0 Å². The lowest BCUT2D eigenvalue weighted by atomic mass is 9.95. The van der Waals surface area contributed by atoms with E-state index in [0.29, 0.717) is 33.0 Å². The number of rotatable bonds is 6. The van der Waals surface area contributed by atoms with Crippen molar-refractivity contribution >= 4 is 45.6 Å². The third kappa shape index (κ3) is 4.40. The van der Waals surface area contributed by atoms with Crippen LogP contribution in [0.2, 0.25) is 5.02 Å². The number of Topliss-reactive ketones (excluding diaryl/α,β-unsaturated/α-hetero) is 1. The molecule has 2 aliphatic heterocycles. The number of methoxy groups -OCH3 is 1. The Morgan fingerprint density at radius 3 is 2.41 bits per heavy atom. The van der Waals surface area contributed by atoms with Crippen LogP contribution in [0.4, 0.5) is 11.4 Å². The summed E-state index contributed by atoms with van der Waals surface area (Å²) in [5.74, 6) is -1.56. The number of aliphatic hydroxyl groups excluding tert-OH is 1. The average Bonchev–Trinajstić information content (AvgIpc) is 3.52. The second-order valence-electron chi connectivity index (χ2n) is 9.65. The molecule has 0 bridgehead atoms. The molecule has 2 aromatic carbocycles. The van der Waals surface area contributed by atoms with E-state index in [0.717, 1.165) is 31.6 Å². The van der Waals surface area contributed by atoms with E-state index in [9.17, 15) is 14.7 Å². The minimum atomic E-state index is -0.882. The Morgan fingerprint density at radius 2 is 1.72 bits per heavy atom. The number of ketones is 1. The molecule has 8 nitrogen and oxygen atoms in total. The third-order valence-electron chi connectivity index (χ3n) is 7.31. The Kier molecular flexibility index (Phi) is 6.48. The summed E-state index contributed by atoms with van der Waals surface area (Å²) < 4.78 is 11.2. The number of aromatic nitrogens is 1. The molecule has 1 amide bonds. The summed E-state index contributed by atoms with van der Waals surface area (Å²) in [5.41, 5.74) is 2.54. The molecule has 4 heterocycles. The predicted molar refractivity (Wildman–Crippen MR) is 149 cm³/mol. The van der Waals surface area contributed by atoms with Crippen molar-refractivity contribution < 1.29 is 23.8 Å². The number of furan rings is 1. The zero-order valence-corrected chi connectivity index (χ0v) is 22.0. The van der Waals surface area contributed by atoms with E-state index in [1.54, 1.807) is 36.7 Å². The van der Waals surface area contributed by atoms with Crippen molar-refractivity contribution in [2.75, 3.05) is 30.0 Å². The zero-order valence-electron chi connectivity index (χ0n) is 21.3. The number of aliphatic hydroxyl groups is 1. The fraction of sp³-hybridized carbons (Fsp3) is 0.233. The number of hydrogen-bond acceptors (Lipinski definition) is 7. The van der Waals surface area contributed by atoms with Crippen LogP contribution in [0.3, 0.4) is 0 Å². The first-order valence-corrected chi connectivity index (χ1v) is 13.2. The highest BCUT2D eigenvalue weighted by Crippen LogP contribution is 2.43. The second-order valence-corrected chi connectivity index (χ2v) is 10.1. The van der Waals surface area contributed by atoms with Crippen LogP contribution in [0.5, 0.6) is 5.75 Å². The van der Waals surface area contributed by atoms with Crippen LogP contribution < -0.4 is 14.5 Å². The van der Waals surface area contributed by atoms with Gasteiger partial charge in [0.25, 0.3) is 5.91 Å². The van der Waals surface area contributed by atoms with Crippen LogP contribution in [0.15, 0.2) is 82.7 Å². The number of piperidine rings is 1. The fourth-order valence-corrected chi connectivity index (χ4v) is 5.64. The molecule has 2 aromatic heterocycles. The Balaban J connectivity index is 1.41. The molecule has 39 heavy (non-hydrogen) atoms. The summed E-state index contributed by atoms with van der Waals surface area (Å²) in [7, 11) is 1.48. The first-order valence-electron chi connectivity index (χ1n) is 12.8. The largest absolute Gasteiger partial charge is 0.503 e. The van der Waals surface area contributed by atoms with E-state index in [1.807, 2.05) is 24.3 Å². The SMILES string of the molecule is COc1cc(Cl)cc2cc(C(=O)C3=C(O)C(=O)N(c4ccc(N5CCCCC5)cc4)C3c3ccncc3)oc12. The van der Waals surface area contributed by atoms with Gasteiger partial charge in [0.2, 0.25) is 5.78 Å². The summed E-state index contributed by atoms with van der Waals surface area (Å²) in [5, 5.41) is 12.1. The predicted octanol–water partition coefficient (Wildman–Crippen LogP) is 6.26. The zero-order chi connectivity index (χ0) is 27.1. The van der Waals surface area contributed by atoms with Crippen molar-refractivity contribution in [3.8, 4) is 5.75 Å². The number of fused-ring (bicyclic) bond motifs is 1. The molecular weight excluding hydrogens is 518 g/mol. The second kappa shape index (κ2) is 10.1. The van der Waals surface area contributed by atoms with E-state index in [4.69, 9.17) is 20.8 Å². The Bertz CT molecular complexity index is 1590. The molecule has 1 unspecified atom stereocenters. The summed E-state index contributed by atoms with van der Waals surface area (Å²) in [6.07, 6.45) is 6.71. The number of halogens is 1. The monoisotopic (exact) mass is 543 g/mol. The van der Waals surface area contributed by atoms with Gasteiger partial charge in [0.1, 0.15) is 0 Å². The lowest BCUT2D eigenvalue weighted by Gasteiger charge is -2.30. The molecule has 1 atom stereocenters. The highest BCUT2D eigenvalue weighted by molar-refractivity contribution is 6.31. The molecule has 1 saturated heterocycles. The van der Waals surface area contributed by atoms with Gasteiger partial charge in [-0.25, -0.2) is 0 Å². The van der Waals surface area contributed by atoms with Crippen LogP contribution >= 0.6 is 11.6 Å². The minimum absolute atomic E-state index is 0.0405. The lowest BCUT2D eigenvalue weighted by molar-refractivity contribution is -0.117. The number of amides is 1. The van der Waals surface area contributed by atoms with Crippen LogP contribution in [0.1, 0.15) is 41.4 Å². The van der Waals surface area contributed by atoms with Crippen molar-refractivity contribution in [1.29, 1.82) is 0 Å². The smallest absolute Gasteiger partial charge is 0.294 e. The molecule has 9 heteroatoms. The van der Waals surface area contributed by atoms with E-state index in [1.165, 1.54) is 24.5 Å². The molecule has 0 radical (unpaired) electrons. The maximum Gasteiger partial charge on any atom is 0.294 e. The first-order chi connectivity index (χ1) is 19.0. The number of carbonyl (C=O) groups is 2. The summed E-state index contributed by atoms with van der Waals surface area (Å²) in [4.78, 5) is 35.3. The lowest BCUT2D eigenvalue weighted by Crippen LogP contribution is -2.31. The van der Waals surface area contributed by atoms with Gasteiger partial charge in [0.15, 0.2) is 22.9 Å². The van der Waals surface area contributed by atoms with Gasteiger partial charge in [-0.15, -0.1) is 0 Å². The normalized spacial score (nSPS) is 17.8. The average molecular weight is 544 g/mol. The van der Waals surface area contributed by atoms with Crippen LogP contribution in [-0.4, -0.2) is 42.0 Å². The fourth-order valence-electron chi connectivity index (χ4n) is 5.42. The third-order valence-corrected chi connectivity index (χ3v) is 7.53. The molecule has 198 valence electrons. The van der Waals surface area contributed by atoms with E-state index in [-0.39, 0.29) is 11.3 Å². The maximum absolute atomic E-state index is 13.9. The molecule has 0 saturated carbocycles. The number of pyridine rings is 1. The number of ether oxygens (including phenoxy) is 1. The molecule has 4 aromatic rings. The van der Waals surface area contributed by atoms with E-state index >= 15 is 0 Å². The number of carbonyl (C=O) groups excluding carboxylic acids is 2. The topological polar surface area (TPSA) is 96.1 Å². The number of benzene rings is 2. The van der Waals surface area contributed by atoms with Gasteiger partial charge < -0.3 is 19.2 Å². The molecule has 2 aliphatic rings. The van der Waals surface area contributed by atoms with Crippen molar-refractivity contribution in [2.45, 2.75) is 25.3 Å². The van der Waals surface area contributed by atoms with Crippen molar-refractivity contribution in [3.63, 3.8) is 0 Å². The van der Waals surface area contributed by atoms with Crippen molar-refractivity contribution in [2.24, 2.45) is 0 Å². The van der Waals surface area contributed by atoms with Gasteiger partial charge in [0, 0.05) is 53.3 Å². The molecule has 0 spiro atoms. The maximum atomic E-state index is 13.9. The summed E-state index contributed by atoms with van der Waals surface area (Å²) in [6.45, 7) is 1.99. The quantitative estimate of drug-likeness (QED) is 0.287. The van der Waals surface area contributed by atoms with Gasteiger partial charge in [0.05, 0.1) is 18.7 Å². The van der Waals surface area contributed by atoms with E-state index in [2.05, 4.69) is 9.88 Å². The Morgan fingerprint density at radius 1 is 1.03 bits per heavy atom. The van der Waals surface area contributed by atoms with Gasteiger partial charge in [-0.05, 0) is 73.4 Å². The van der Waals surface area contributed by atoms with Crippen molar-refractivity contribution in [3.05, 3.63) is 94.7 Å². The molecule has 0 aliphatic carbocycles. The summed E-state index contributed by atoms with van der Waals surface area (Å²) in [6, 6.07) is 15.0. The van der Waals surface area contributed by atoms with Crippen LogP contribution in [0.25, 0.3) is 11.0 Å². The molecule has 1 fully saturated rings. The van der Waals surface area contributed by atoms with E-state index < -0.39 is 23.5 Å². The number of anilines is 2. The van der Waals surface area contributed by atoms with Gasteiger partial charge in [-0.1, -0.05) is 11.6 Å². The van der Waals surface area contributed by atoms with Gasteiger partial charge in [-0.3, -0.25) is 19.5 Å². The molecule has 1 N–H and O–H groups in total. The Hall–Kier alpha value is -4.30. The number of nitrogens with zero attached hydrogens (tertiary/aromatic N) is 3. The highest BCUT2D eigenvalue weighted by Gasteiger charge is 2.45. The first kappa shape index (κ1) is 25.0. The van der Waals surface area contributed by atoms with Crippen LogP contribution in [-0.2, 0) is 4.79 Å². The molecular formula is C30H26ClN3O5. The Labute approximate surface area is 230 Å². The minimum Gasteiger partial charge on any atom is -0.503 e. The standard InChI is InChI=1S/C30H26ClN3O5/c1-38-24-17-20(31)15-19-16-23(39-29(19)24)27(35)25-26(18-9-11-32-12-10-18)34(30(37)28(25)36)22-7-5-21(6-8-22)33-13-3-2-4-14-33/h5-12,15-17,26,36H,2-4,13-14H2,1H3. The van der Waals surface area contributed by atoms with Gasteiger partial charge >= 0.3 is 0 Å². The van der Waals surface area contributed by atoms with Crippen molar-refractivity contribution in [1.82, 2.24) is 4.98 Å².